The SMILES string of the molecule is O=C(CN1CC[C@@H]2NC(=O)[C@@H](Cc3ccccc3)NC(=O)C3(C/C=C/C[C@@H]2C1)CCOCC3)Nc1nc2c(s1)CCCC2. The fourth-order valence-corrected chi connectivity index (χ4v) is 8.03. The van der Waals surface area contributed by atoms with Crippen molar-refractivity contribution in [1.29, 1.82) is 0 Å². The van der Waals surface area contributed by atoms with Crippen LogP contribution in [0.3, 0.4) is 0 Å². The number of aryl methyl sites for hydroxylation is 2. The molecule has 2 fully saturated rings. The summed E-state index contributed by atoms with van der Waals surface area (Å²) in [6, 6.07) is 9.17. The van der Waals surface area contributed by atoms with E-state index < -0.39 is 11.5 Å². The largest absolute Gasteiger partial charge is 0.381 e. The van der Waals surface area contributed by atoms with Crippen molar-refractivity contribution in [1.82, 2.24) is 20.5 Å². The number of carbonyl (C=O) groups excluding carboxylic acids is 3. The van der Waals surface area contributed by atoms with Gasteiger partial charge in [0.1, 0.15) is 6.04 Å². The number of rotatable bonds is 5. The molecular weight excluding hydrogens is 562 g/mol. The van der Waals surface area contributed by atoms with Gasteiger partial charge in [0.15, 0.2) is 5.13 Å². The predicted octanol–water partition coefficient (Wildman–Crippen LogP) is 3.64. The predicted molar refractivity (Wildman–Crippen MR) is 167 cm³/mol. The van der Waals surface area contributed by atoms with Gasteiger partial charge in [0, 0.05) is 43.6 Å². The van der Waals surface area contributed by atoms with Crippen LogP contribution in [0.25, 0.3) is 0 Å². The second-order valence-electron chi connectivity index (χ2n) is 12.6. The van der Waals surface area contributed by atoms with Crippen molar-refractivity contribution >= 4 is 34.2 Å². The minimum atomic E-state index is -0.661. The summed E-state index contributed by atoms with van der Waals surface area (Å²) < 4.78 is 5.61. The molecule has 0 saturated carbocycles. The number of allylic oxidation sites excluding steroid dienone is 2. The number of hydrogen-bond donors (Lipinski definition) is 3. The maximum Gasteiger partial charge on any atom is 0.243 e. The van der Waals surface area contributed by atoms with E-state index in [9.17, 15) is 14.4 Å². The Morgan fingerprint density at radius 1 is 1.09 bits per heavy atom. The number of nitrogens with zero attached hydrogens (tertiary/aromatic N) is 2. The van der Waals surface area contributed by atoms with Crippen LogP contribution in [0.5, 0.6) is 0 Å². The lowest BCUT2D eigenvalue weighted by molar-refractivity contribution is -0.140. The lowest BCUT2D eigenvalue weighted by atomic mass is 9.75. The second kappa shape index (κ2) is 13.7. The number of carbonyl (C=O) groups is 3. The molecule has 1 spiro atoms. The van der Waals surface area contributed by atoms with Crippen LogP contribution in [0, 0.1) is 11.3 Å². The fourth-order valence-electron chi connectivity index (χ4n) is 6.97. The van der Waals surface area contributed by atoms with Crippen LogP contribution < -0.4 is 16.0 Å². The number of ether oxygens (including phenoxy) is 1. The van der Waals surface area contributed by atoms with Gasteiger partial charge in [-0.3, -0.25) is 19.3 Å². The number of likely N-dealkylation sites (tertiary alicyclic amines) is 1. The van der Waals surface area contributed by atoms with Crippen molar-refractivity contribution < 1.29 is 19.1 Å². The summed E-state index contributed by atoms with van der Waals surface area (Å²) in [6.45, 7) is 2.82. The normalized spacial score (nSPS) is 27.0. The Bertz CT molecular complexity index is 1300. The van der Waals surface area contributed by atoms with E-state index >= 15 is 0 Å². The van der Waals surface area contributed by atoms with Crippen LogP contribution in [-0.4, -0.2) is 72.5 Å². The highest BCUT2D eigenvalue weighted by Crippen LogP contribution is 2.36. The van der Waals surface area contributed by atoms with E-state index in [2.05, 4.69) is 38.0 Å². The highest BCUT2D eigenvalue weighted by Gasteiger charge is 2.41. The average Bonchev–Trinajstić information content (AvgIpc) is 3.42. The highest BCUT2D eigenvalue weighted by atomic mass is 32.1. The smallest absolute Gasteiger partial charge is 0.243 e. The zero-order valence-corrected chi connectivity index (χ0v) is 25.6. The maximum absolute atomic E-state index is 13.8. The van der Waals surface area contributed by atoms with Crippen molar-refractivity contribution in [3.8, 4) is 0 Å². The molecule has 230 valence electrons. The zero-order chi connectivity index (χ0) is 29.6. The molecule has 4 heterocycles. The number of piperidine rings is 1. The zero-order valence-electron chi connectivity index (χ0n) is 24.8. The van der Waals surface area contributed by atoms with Crippen LogP contribution in [0.4, 0.5) is 5.13 Å². The molecule has 3 atom stereocenters. The lowest BCUT2D eigenvalue weighted by Gasteiger charge is -2.40. The van der Waals surface area contributed by atoms with Gasteiger partial charge in [0.05, 0.1) is 17.7 Å². The molecule has 2 saturated heterocycles. The van der Waals surface area contributed by atoms with Gasteiger partial charge in [-0.25, -0.2) is 4.98 Å². The number of aromatic nitrogens is 1. The number of anilines is 1. The molecule has 2 aromatic rings. The van der Waals surface area contributed by atoms with Gasteiger partial charge in [-0.05, 0) is 69.3 Å². The molecule has 4 aliphatic rings. The van der Waals surface area contributed by atoms with E-state index in [1.54, 1.807) is 11.3 Å². The summed E-state index contributed by atoms with van der Waals surface area (Å²) in [6.07, 6.45) is 12.6. The Labute approximate surface area is 257 Å². The molecule has 9 nitrogen and oxygen atoms in total. The van der Waals surface area contributed by atoms with E-state index in [0.29, 0.717) is 63.7 Å². The minimum absolute atomic E-state index is 0.0335. The standard InChI is InChI=1S/C33H43N5O4S/c39-29(37-32-36-26-11-4-5-12-28(26)43-32)22-38-17-13-25-24(21-38)10-6-7-14-33(15-18-42-19-16-33)31(41)35-27(30(40)34-25)20-23-8-2-1-3-9-23/h1-3,6-9,24-25,27H,4-5,10-22H2,(H,34,40)(H,35,41)(H,36,37,39)/b7-6+/t24-,25+,27-/m1/s1. The van der Waals surface area contributed by atoms with Gasteiger partial charge in [-0.1, -0.05) is 42.5 Å². The van der Waals surface area contributed by atoms with Crippen molar-refractivity contribution in [3.63, 3.8) is 0 Å². The number of amides is 3. The van der Waals surface area contributed by atoms with Gasteiger partial charge in [0.25, 0.3) is 0 Å². The van der Waals surface area contributed by atoms with E-state index in [-0.39, 0.29) is 29.7 Å². The van der Waals surface area contributed by atoms with Gasteiger partial charge in [0.2, 0.25) is 17.7 Å². The van der Waals surface area contributed by atoms with Crippen LogP contribution >= 0.6 is 11.3 Å². The number of nitrogens with one attached hydrogen (secondary N) is 3. The summed E-state index contributed by atoms with van der Waals surface area (Å²) >= 11 is 1.61. The molecular formula is C33H43N5O4S. The number of benzene rings is 1. The Hall–Kier alpha value is -3.08. The first-order chi connectivity index (χ1) is 21.0. The summed E-state index contributed by atoms with van der Waals surface area (Å²) in [5, 5.41) is 10.2. The molecule has 3 amide bonds. The highest BCUT2D eigenvalue weighted by molar-refractivity contribution is 7.15. The fraction of sp³-hybridized carbons (Fsp3) is 0.576. The Morgan fingerprint density at radius 2 is 1.91 bits per heavy atom. The molecule has 3 N–H and O–H groups in total. The summed E-state index contributed by atoms with van der Waals surface area (Å²) in [4.78, 5) is 48.7. The van der Waals surface area contributed by atoms with Crippen molar-refractivity contribution in [2.45, 2.75) is 76.3 Å². The third kappa shape index (κ3) is 7.36. The number of hydrogen-bond acceptors (Lipinski definition) is 7. The van der Waals surface area contributed by atoms with Gasteiger partial charge in [-0.2, -0.15) is 0 Å². The summed E-state index contributed by atoms with van der Waals surface area (Å²) in [5.41, 5.74) is 1.58. The molecule has 10 heteroatoms. The Kier molecular flexibility index (Phi) is 9.55. The molecule has 1 aliphatic carbocycles. The van der Waals surface area contributed by atoms with Crippen molar-refractivity contribution in [2.24, 2.45) is 11.3 Å². The monoisotopic (exact) mass is 605 g/mol. The molecule has 1 aromatic carbocycles. The van der Waals surface area contributed by atoms with Crippen LogP contribution in [-0.2, 0) is 38.4 Å². The summed E-state index contributed by atoms with van der Waals surface area (Å²) in [7, 11) is 0. The first-order valence-electron chi connectivity index (χ1n) is 15.9. The number of thiazole rings is 1. The molecule has 0 unspecified atom stereocenters. The molecule has 3 aliphatic heterocycles. The molecule has 0 radical (unpaired) electrons. The van der Waals surface area contributed by atoms with Crippen molar-refractivity contribution in [2.75, 3.05) is 38.2 Å². The second-order valence-corrected chi connectivity index (χ2v) is 13.6. The van der Waals surface area contributed by atoms with Crippen LogP contribution in [0.1, 0.15) is 61.1 Å². The topological polar surface area (TPSA) is 113 Å². The van der Waals surface area contributed by atoms with Gasteiger partial charge in [-0.15, -0.1) is 11.3 Å². The Morgan fingerprint density at radius 3 is 2.72 bits per heavy atom. The molecule has 43 heavy (non-hydrogen) atoms. The first-order valence-corrected chi connectivity index (χ1v) is 16.7. The van der Waals surface area contributed by atoms with E-state index in [1.165, 1.54) is 17.7 Å². The molecule has 0 bridgehead atoms. The quantitative estimate of drug-likeness (QED) is 0.449. The third-order valence-corrected chi connectivity index (χ3v) is 10.6. The van der Waals surface area contributed by atoms with Crippen LogP contribution in [0.2, 0.25) is 0 Å². The third-order valence-electron chi connectivity index (χ3n) is 9.56. The van der Waals surface area contributed by atoms with Crippen molar-refractivity contribution in [3.05, 3.63) is 58.6 Å². The summed E-state index contributed by atoms with van der Waals surface area (Å²) in [5.74, 6) is -0.0788. The first kappa shape index (κ1) is 30.0. The lowest BCUT2D eigenvalue weighted by Crippen LogP contribution is -2.58. The van der Waals surface area contributed by atoms with Crippen LogP contribution in [0.15, 0.2) is 42.5 Å². The number of fused-ring (bicyclic) bond motifs is 2. The average molecular weight is 606 g/mol. The van der Waals surface area contributed by atoms with E-state index in [1.807, 2.05) is 30.3 Å². The van der Waals surface area contributed by atoms with E-state index in [0.717, 1.165) is 36.9 Å². The maximum atomic E-state index is 13.8. The van der Waals surface area contributed by atoms with E-state index in [4.69, 9.17) is 4.74 Å². The molecule has 6 rings (SSSR count). The van der Waals surface area contributed by atoms with Gasteiger partial charge >= 0.3 is 0 Å². The minimum Gasteiger partial charge on any atom is -0.381 e. The molecule has 1 aromatic heterocycles. The Balaban J connectivity index is 1.15. The van der Waals surface area contributed by atoms with Gasteiger partial charge < -0.3 is 20.7 Å².